The van der Waals surface area contributed by atoms with Crippen molar-refractivity contribution in [1.29, 1.82) is 0 Å². The van der Waals surface area contributed by atoms with Crippen LogP contribution in [0.4, 0.5) is 0 Å². The first-order chi connectivity index (χ1) is 12.7. The Balaban J connectivity index is 1.33. The van der Waals surface area contributed by atoms with Crippen molar-refractivity contribution in [1.82, 2.24) is 10.3 Å². The van der Waals surface area contributed by atoms with E-state index >= 15 is 0 Å². The molecule has 5 nitrogen and oxygen atoms in total. The van der Waals surface area contributed by atoms with E-state index in [1.54, 1.807) is 0 Å². The Morgan fingerprint density at radius 3 is 2.58 bits per heavy atom. The van der Waals surface area contributed by atoms with Crippen LogP contribution in [-0.2, 0) is 16.1 Å². The summed E-state index contributed by atoms with van der Waals surface area (Å²) < 4.78 is 11.4. The lowest BCUT2D eigenvalue weighted by Crippen LogP contribution is -2.41. The second-order valence-electron chi connectivity index (χ2n) is 6.81. The fourth-order valence-corrected chi connectivity index (χ4v) is 3.12. The van der Waals surface area contributed by atoms with Gasteiger partial charge in [-0.05, 0) is 43.7 Å². The van der Waals surface area contributed by atoms with Gasteiger partial charge in [-0.15, -0.1) is 0 Å². The molecule has 0 atom stereocenters. The lowest BCUT2D eigenvalue weighted by atomic mass is 9.93. The first-order valence-corrected chi connectivity index (χ1v) is 9.19. The van der Waals surface area contributed by atoms with E-state index in [4.69, 9.17) is 9.47 Å². The number of nitrogens with one attached hydrogen (secondary N) is 1. The number of carbonyl (C=O) groups excluding carboxylic acids is 1. The van der Waals surface area contributed by atoms with Crippen LogP contribution in [0.2, 0.25) is 0 Å². The number of aromatic nitrogens is 1. The highest BCUT2D eigenvalue weighted by Gasteiger charge is 2.23. The number of aryl methyl sites for hydroxylation is 1. The number of benzene rings is 1. The summed E-state index contributed by atoms with van der Waals surface area (Å²) in [6.45, 7) is 2.56. The van der Waals surface area contributed by atoms with E-state index in [9.17, 15) is 4.79 Å². The van der Waals surface area contributed by atoms with E-state index in [0.717, 1.165) is 36.8 Å². The molecular formula is C21H26N2O3. The van der Waals surface area contributed by atoms with Crippen molar-refractivity contribution in [2.45, 2.75) is 51.4 Å². The first kappa shape index (κ1) is 18.4. The number of hydrogen-bond acceptors (Lipinski definition) is 4. The van der Waals surface area contributed by atoms with Gasteiger partial charge < -0.3 is 14.8 Å². The van der Waals surface area contributed by atoms with Crippen molar-refractivity contribution < 1.29 is 14.3 Å². The van der Waals surface area contributed by atoms with Gasteiger partial charge in [0.05, 0.1) is 6.61 Å². The van der Waals surface area contributed by atoms with E-state index in [1.807, 2.05) is 55.6 Å². The summed E-state index contributed by atoms with van der Waals surface area (Å²) in [6, 6.07) is 14.0. The molecule has 1 aliphatic rings. The standard InChI is InChI=1S/C21H26N2O3/c1-16-7-12-21(22-13-16)26-19-10-8-18(9-11-19)23-20(24)15-25-14-17-5-3-2-4-6-17/h2-7,12-13,18-19H,8-11,14-15H2,1H3,(H,23,24). The first-order valence-electron chi connectivity index (χ1n) is 9.19. The largest absolute Gasteiger partial charge is 0.474 e. The molecule has 1 aromatic carbocycles. The molecule has 1 heterocycles. The molecule has 3 rings (SSSR count). The average Bonchev–Trinajstić information content (AvgIpc) is 2.66. The number of rotatable bonds is 7. The highest BCUT2D eigenvalue weighted by molar-refractivity contribution is 5.77. The maximum absolute atomic E-state index is 12.0. The van der Waals surface area contributed by atoms with Crippen molar-refractivity contribution in [2.75, 3.05) is 6.61 Å². The van der Waals surface area contributed by atoms with Gasteiger partial charge in [0, 0.05) is 18.3 Å². The maximum atomic E-state index is 12.0. The van der Waals surface area contributed by atoms with Crippen LogP contribution in [0, 0.1) is 6.92 Å². The molecular weight excluding hydrogens is 328 g/mol. The van der Waals surface area contributed by atoms with Crippen LogP contribution in [-0.4, -0.2) is 29.6 Å². The fraction of sp³-hybridized carbons (Fsp3) is 0.429. The minimum Gasteiger partial charge on any atom is -0.474 e. The Bertz CT molecular complexity index is 680. The van der Waals surface area contributed by atoms with Crippen molar-refractivity contribution >= 4 is 5.91 Å². The summed E-state index contributed by atoms with van der Waals surface area (Å²) in [4.78, 5) is 16.3. The van der Waals surface area contributed by atoms with Gasteiger partial charge in [0.25, 0.3) is 0 Å². The monoisotopic (exact) mass is 354 g/mol. The minimum absolute atomic E-state index is 0.0505. The molecule has 1 amide bonds. The summed E-state index contributed by atoms with van der Waals surface area (Å²) in [5.74, 6) is 0.628. The molecule has 5 heteroatoms. The minimum atomic E-state index is -0.0505. The lowest BCUT2D eigenvalue weighted by Gasteiger charge is -2.29. The van der Waals surface area contributed by atoms with Gasteiger partial charge in [-0.3, -0.25) is 4.79 Å². The van der Waals surface area contributed by atoms with Crippen LogP contribution in [0.15, 0.2) is 48.7 Å². The Labute approximate surface area is 154 Å². The molecule has 1 N–H and O–H groups in total. The highest BCUT2D eigenvalue weighted by Crippen LogP contribution is 2.23. The zero-order valence-corrected chi connectivity index (χ0v) is 15.2. The molecule has 0 spiro atoms. The molecule has 1 saturated carbocycles. The number of carbonyl (C=O) groups is 1. The third-order valence-electron chi connectivity index (χ3n) is 4.56. The summed E-state index contributed by atoms with van der Waals surface area (Å²) in [7, 11) is 0. The predicted octanol–water partition coefficient (Wildman–Crippen LogP) is 3.41. The SMILES string of the molecule is Cc1ccc(OC2CCC(NC(=O)COCc3ccccc3)CC2)nc1. The van der Waals surface area contributed by atoms with Gasteiger partial charge in [-0.2, -0.15) is 0 Å². The fourth-order valence-electron chi connectivity index (χ4n) is 3.12. The molecule has 0 aliphatic heterocycles. The number of nitrogens with zero attached hydrogens (tertiary/aromatic N) is 1. The highest BCUT2D eigenvalue weighted by atomic mass is 16.5. The van der Waals surface area contributed by atoms with E-state index in [0.29, 0.717) is 12.5 Å². The van der Waals surface area contributed by atoms with Gasteiger partial charge >= 0.3 is 0 Å². The Kier molecular flexibility index (Phi) is 6.61. The molecule has 0 saturated heterocycles. The van der Waals surface area contributed by atoms with Crippen LogP contribution in [0.5, 0.6) is 5.88 Å². The zero-order valence-electron chi connectivity index (χ0n) is 15.2. The Morgan fingerprint density at radius 2 is 1.88 bits per heavy atom. The van der Waals surface area contributed by atoms with Gasteiger partial charge in [0.2, 0.25) is 11.8 Å². The topological polar surface area (TPSA) is 60.5 Å². The van der Waals surface area contributed by atoms with Crippen molar-refractivity contribution in [3.63, 3.8) is 0 Å². The summed E-state index contributed by atoms with van der Waals surface area (Å²) in [6.07, 6.45) is 5.67. The van der Waals surface area contributed by atoms with Gasteiger partial charge in [-0.25, -0.2) is 4.98 Å². The van der Waals surface area contributed by atoms with Crippen LogP contribution in [0.3, 0.4) is 0 Å². The number of pyridine rings is 1. The molecule has 1 aliphatic carbocycles. The second kappa shape index (κ2) is 9.34. The normalized spacial score (nSPS) is 19.7. The third-order valence-corrected chi connectivity index (χ3v) is 4.56. The predicted molar refractivity (Wildman–Crippen MR) is 99.9 cm³/mol. The summed E-state index contributed by atoms with van der Waals surface area (Å²) in [5, 5.41) is 3.06. The molecule has 2 aromatic rings. The van der Waals surface area contributed by atoms with E-state index < -0.39 is 0 Å². The van der Waals surface area contributed by atoms with Crippen LogP contribution in [0.25, 0.3) is 0 Å². The van der Waals surface area contributed by atoms with Crippen molar-refractivity contribution in [3.8, 4) is 5.88 Å². The second-order valence-corrected chi connectivity index (χ2v) is 6.81. The molecule has 1 fully saturated rings. The van der Waals surface area contributed by atoms with Crippen molar-refractivity contribution in [2.24, 2.45) is 0 Å². The lowest BCUT2D eigenvalue weighted by molar-refractivity contribution is -0.127. The average molecular weight is 354 g/mol. The van der Waals surface area contributed by atoms with Crippen LogP contribution >= 0.6 is 0 Å². The van der Waals surface area contributed by atoms with Gasteiger partial charge in [0.15, 0.2) is 0 Å². The zero-order chi connectivity index (χ0) is 18.2. The molecule has 138 valence electrons. The van der Waals surface area contributed by atoms with Gasteiger partial charge in [-0.1, -0.05) is 36.4 Å². The summed E-state index contributed by atoms with van der Waals surface area (Å²) >= 11 is 0. The quantitative estimate of drug-likeness (QED) is 0.828. The molecule has 1 aromatic heterocycles. The maximum Gasteiger partial charge on any atom is 0.246 e. The van der Waals surface area contributed by atoms with E-state index in [2.05, 4.69) is 10.3 Å². The smallest absolute Gasteiger partial charge is 0.246 e. The Hall–Kier alpha value is -2.40. The number of amides is 1. The van der Waals surface area contributed by atoms with Crippen molar-refractivity contribution in [3.05, 3.63) is 59.8 Å². The van der Waals surface area contributed by atoms with Crippen LogP contribution in [0.1, 0.15) is 36.8 Å². The molecule has 0 bridgehead atoms. The molecule has 0 unspecified atom stereocenters. The van der Waals surface area contributed by atoms with Crippen LogP contribution < -0.4 is 10.1 Å². The molecule has 26 heavy (non-hydrogen) atoms. The Morgan fingerprint density at radius 1 is 1.12 bits per heavy atom. The van der Waals surface area contributed by atoms with Gasteiger partial charge in [0.1, 0.15) is 12.7 Å². The van der Waals surface area contributed by atoms with E-state index in [1.165, 1.54) is 0 Å². The summed E-state index contributed by atoms with van der Waals surface area (Å²) in [5.41, 5.74) is 2.20. The molecule has 0 radical (unpaired) electrons. The number of ether oxygens (including phenoxy) is 2. The number of hydrogen-bond donors (Lipinski definition) is 1. The van der Waals surface area contributed by atoms with E-state index in [-0.39, 0.29) is 24.7 Å². The third kappa shape index (κ3) is 5.85.